The van der Waals surface area contributed by atoms with E-state index < -0.39 is 45.6 Å². The molecule has 3 N–H and O–H groups in total. The van der Waals surface area contributed by atoms with Crippen LogP contribution in [0.1, 0.15) is 18.5 Å². The summed E-state index contributed by atoms with van der Waals surface area (Å²) in [5, 5.41) is 24.9. The number of rotatable bonds is 4. The fourth-order valence-corrected chi connectivity index (χ4v) is 3.00. The Hall–Kier alpha value is -2.47. The standard InChI is InChI=1S/C14H14F3N3O5S/c1-2-25-11(21)9-10(7-5-3-4-6-8(7)20(23)24)18-12(26)19-13(9,22)14(15,16)17/h3-6,9-10,22H,2H2,1H3,(H2,18,19,26)/t9-,10+,13-/m0/s1. The molecule has 1 heterocycles. The molecule has 0 aliphatic carbocycles. The Morgan fingerprint density at radius 2 is 2.08 bits per heavy atom. The lowest BCUT2D eigenvalue weighted by molar-refractivity contribution is -0.386. The summed E-state index contributed by atoms with van der Waals surface area (Å²) < 4.78 is 45.3. The smallest absolute Gasteiger partial charge is 0.437 e. The van der Waals surface area contributed by atoms with E-state index in [4.69, 9.17) is 12.2 Å². The van der Waals surface area contributed by atoms with Crippen molar-refractivity contribution in [1.29, 1.82) is 0 Å². The second kappa shape index (κ2) is 7.03. The second-order valence-corrected chi connectivity index (χ2v) is 5.79. The number of nitro benzene ring substituents is 1. The first-order valence-corrected chi connectivity index (χ1v) is 7.71. The first-order valence-electron chi connectivity index (χ1n) is 7.30. The molecule has 1 aliphatic heterocycles. The van der Waals surface area contributed by atoms with Gasteiger partial charge < -0.3 is 20.5 Å². The molecule has 1 fully saturated rings. The molecular formula is C14H14F3N3O5S. The summed E-state index contributed by atoms with van der Waals surface area (Å²) in [5.74, 6) is -3.67. The molecular weight excluding hydrogens is 379 g/mol. The minimum absolute atomic E-state index is 0.248. The lowest BCUT2D eigenvalue weighted by Gasteiger charge is -2.45. The van der Waals surface area contributed by atoms with E-state index in [-0.39, 0.29) is 12.2 Å². The molecule has 1 aliphatic rings. The second-order valence-electron chi connectivity index (χ2n) is 5.39. The number of nitrogens with zero attached hydrogens (tertiary/aromatic N) is 1. The Morgan fingerprint density at radius 1 is 1.46 bits per heavy atom. The number of hydrogen-bond donors (Lipinski definition) is 3. The molecule has 0 amide bonds. The van der Waals surface area contributed by atoms with Crippen molar-refractivity contribution in [2.24, 2.45) is 5.92 Å². The zero-order valence-electron chi connectivity index (χ0n) is 13.2. The van der Waals surface area contributed by atoms with Crippen LogP contribution in [0.5, 0.6) is 0 Å². The first kappa shape index (κ1) is 19.8. The van der Waals surface area contributed by atoms with Crippen LogP contribution in [0.25, 0.3) is 0 Å². The highest BCUT2D eigenvalue weighted by Crippen LogP contribution is 2.44. The lowest BCUT2D eigenvalue weighted by atomic mass is 9.81. The molecule has 12 heteroatoms. The van der Waals surface area contributed by atoms with Gasteiger partial charge in [-0.05, 0) is 19.1 Å². The molecule has 1 aromatic carbocycles. The number of thiocarbonyl (C=S) groups is 1. The van der Waals surface area contributed by atoms with Crippen molar-refractivity contribution in [2.45, 2.75) is 24.9 Å². The van der Waals surface area contributed by atoms with Crippen molar-refractivity contribution in [1.82, 2.24) is 10.6 Å². The Kier molecular flexibility index (Phi) is 5.37. The van der Waals surface area contributed by atoms with Gasteiger partial charge in [0.05, 0.1) is 23.1 Å². The molecule has 0 radical (unpaired) electrons. The molecule has 0 bridgehead atoms. The minimum Gasteiger partial charge on any atom is -0.466 e. The van der Waals surface area contributed by atoms with Gasteiger partial charge in [-0.25, -0.2) is 0 Å². The van der Waals surface area contributed by atoms with E-state index in [2.05, 4.69) is 10.1 Å². The summed E-state index contributed by atoms with van der Waals surface area (Å²) in [6.45, 7) is 1.12. The number of para-hydroxylation sites is 1. The highest BCUT2D eigenvalue weighted by molar-refractivity contribution is 7.80. The van der Waals surface area contributed by atoms with Crippen LogP contribution < -0.4 is 10.6 Å². The number of nitrogens with one attached hydrogen (secondary N) is 2. The van der Waals surface area contributed by atoms with Crippen LogP contribution in [0.3, 0.4) is 0 Å². The highest BCUT2D eigenvalue weighted by Gasteiger charge is 2.67. The monoisotopic (exact) mass is 393 g/mol. The van der Waals surface area contributed by atoms with E-state index >= 15 is 0 Å². The highest BCUT2D eigenvalue weighted by atomic mass is 32.1. The normalized spacial score (nSPS) is 25.8. The topological polar surface area (TPSA) is 114 Å². The lowest BCUT2D eigenvalue weighted by Crippen LogP contribution is -2.73. The predicted molar refractivity (Wildman–Crippen MR) is 85.8 cm³/mol. The average Bonchev–Trinajstić information content (AvgIpc) is 2.53. The van der Waals surface area contributed by atoms with Crippen molar-refractivity contribution in [2.75, 3.05) is 6.61 Å². The Labute approximate surface area is 150 Å². The van der Waals surface area contributed by atoms with Crippen LogP contribution >= 0.6 is 12.2 Å². The SMILES string of the molecule is CCOC(=O)[C@@H]1[C@@H](c2ccccc2[N+](=O)[O-])NC(=S)N[C@@]1(O)C(F)(F)F. The zero-order chi connectivity index (χ0) is 19.7. The van der Waals surface area contributed by atoms with Gasteiger partial charge in [-0.3, -0.25) is 14.9 Å². The fraction of sp³-hybridized carbons (Fsp3) is 0.429. The number of carbonyl (C=O) groups excluding carboxylic acids is 1. The quantitative estimate of drug-likeness (QED) is 0.306. The number of aliphatic hydroxyl groups is 1. The summed E-state index contributed by atoms with van der Waals surface area (Å²) in [6.07, 6.45) is -5.32. The van der Waals surface area contributed by atoms with Crippen molar-refractivity contribution in [3.8, 4) is 0 Å². The van der Waals surface area contributed by atoms with Crippen LogP contribution in [0.2, 0.25) is 0 Å². The first-order chi connectivity index (χ1) is 12.0. The van der Waals surface area contributed by atoms with Gasteiger partial charge in [0.15, 0.2) is 5.11 Å². The number of alkyl halides is 3. The van der Waals surface area contributed by atoms with Crippen LogP contribution in [-0.2, 0) is 9.53 Å². The van der Waals surface area contributed by atoms with Gasteiger partial charge in [0.2, 0.25) is 0 Å². The van der Waals surface area contributed by atoms with Gasteiger partial charge in [-0.15, -0.1) is 0 Å². The van der Waals surface area contributed by atoms with Crippen LogP contribution in [-0.4, -0.2) is 39.6 Å². The maximum absolute atomic E-state index is 13.6. The molecule has 142 valence electrons. The van der Waals surface area contributed by atoms with Crippen LogP contribution in [0, 0.1) is 16.0 Å². The number of hydrogen-bond acceptors (Lipinski definition) is 6. The molecule has 1 aromatic rings. The largest absolute Gasteiger partial charge is 0.466 e. The maximum Gasteiger partial charge on any atom is 0.437 e. The summed E-state index contributed by atoms with van der Waals surface area (Å²) >= 11 is 4.71. The number of halogens is 3. The third-order valence-corrected chi connectivity index (χ3v) is 4.04. The van der Waals surface area contributed by atoms with E-state index in [0.717, 1.165) is 6.07 Å². The molecule has 0 saturated carbocycles. The van der Waals surface area contributed by atoms with E-state index in [0.29, 0.717) is 0 Å². The molecule has 0 unspecified atom stereocenters. The van der Waals surface area contributed by atoms with E-state index in [1.54, 1.807) is 5.32 Å². The molecule has 26 heavy (non-hydrogen) atoms. The molecule has 2 rings (SSSR count). The van der Waals surface area contributed by atoms with E-state index in [9.17, 15) is 33.2 Å². The molecule has 0 aromatic heterocycles. The van der Waals surface area contributed by atoms with Crippen LogP contribution in [0.4, 0.5) is 18.9 Å². The van der Waals surface area contributed by atoms with Gasteiger partial charge in [0.25, 0.3) is 11.4 Å². The number of esters is 1. The molecule has 8 nitrogen and oxygen atoms in total. The van der Waals surface area contributed by atoms with Gasteiger partial charge in [0.1, 0.15) is 5.92 Å². The number of nitro groups is 1. The number of ether oxygens (including phenoxy) is 1. The Balaban J connectivity index is 2.67. The summed E-state index contributed by atoms with van der Waals surface area (Å²) in [7, 11) is 0. The van der Waals surface area contributed by atoms with Gasteiger partial charge in [0, 0.05) is 6.07 Å². The van der Waals surface area contributed by atoms with Crippen molar-refractivity contribution in [3.05, 3.63) is 39.9 Å². The molecule has 0 spiro atoms. The van der Waals surface area contributed by atoms with Crippen LogP contribution in [0.15, 0.2) is 24.3 Å². The average molecular weight is 393 g/mol. The van der Waals surface area contributed by atoms with Crippen molar-refractivity contribution < 1.29 is 32.7 Å². The van der Waals surface area contributed by atoms with E-state index in [1.165, 1.54) is 25.1 Å². The van der Waals surface area contributed by atoms with Gasteiger partial charge >= 0.3 is 12.1 Å². The summed E-state index contributed by atoms with van der Waals surface area (Å²) in [6, 6.07) is 3.26. The predicted octanol–water partition coefficient (Wildman–Crippen LogP) is 1.54. The summed E-state index contributed by atoms with van der Waals surface area (Å²) in [4.78, 5) is 22.7. The zero-order valence-corrected chi connectivity index (χ0v) is 14.1. The molecule has 1 saturated heterocycles. The van der Waals surface area contributed by atoms with Gasteiger partial charge in [-0.2, -0.15) is 13.2 Å². The Morgan fingerprint density at radius 3 is 2.62 bits per heavy atom. The number of carbonyl (C=O) groups is 1. The minimum atomic E-state index is -5.32. The summed E-state index contributed by atoms with van der Waals surface area (Å²) in [5.41, 5.74) is -4.55. The number of benzene rings is 1. The molecule has 3 atom stereocenters. The van der Waals surface area contributed by atoms with E-state index in [1.807, 2.05) is 0 Å². The third kappa shape index (κ3) is 3.42. The maximum atomic E-state index is 13.6. The van der Waals surface area contributed by atoms with Gasteiger partial charge in [-0.1, -0.05) is 18.2 Å². The third-order valence-electron chi connectivity index (χ3n) is 3.82. The fourth-order valence-electron chi connectivity index (χ4n) is 2.71. The van der Waals surface area contributed by atoms with Crippen molar-refractivity contribution in [3.63, 3.8) is 0 Å². The van der Waals surface area contributed by atoms with Crippen molar-refractivity contribution >= 4 is 29.0 Å². The Bertz CT molecular complexity index is 745.